The number of amides is 1. The fourth-order valence-corrected chi connectivity index (χ4v) is 2.01. The van der Waals surface area contributed by atoms with Crippen LogP contribution in [0.5, 0.6) is 0 Å². The van der Waals surface area contributed by atoms with Crippen LogP contribution in [0.4, 0.5) is 0 Å². The minimum absolute atomic E-state index is 0.0484. The molecule has 1 amide bonds. The van der Waals surface area contributed by atoms with E-state index in [0.29, 0.717) is 36.2 Å². The van der Waals surface area contributed by atoms with Crippen molar-refractivity contribution in [3.8, 4) is 11.7 Å². The summed E-state index contributed by atoms with van der Waals surface area (Å²) in [4.78, 5) is 17.8. The number of nitrogens with zero attached hydrogens (tertiary/aromatic N) is 2. The lowest BCUT2D eigenvalue weighted by Crippen LogP contribution is -2.54. The first kappa shape index (κ1) is 12.0. The molecule has 2 aromatic rings. The van der Waals surface area contributed by atoms with Crippen molar-refractivity contribution in [3.05, 3.63) is 29.9 Å². The highest BCUT2D eigenvalue weighted by atomic mass is 16.4. The fraction of sp³-hybridized carbons (Fsp3) is 0.385. The number of aliphatic hydroxyl groups is 1. The van der Waals surface area contributed by atoms with Crippen molar-refractivity contribution >= 4 is 5.91 Å². The highest BCUT2D eigenvalue weighted by Gasteiger charge is 2.29. The van der Waals surface area contributed by atoms with Crippen molar-refractivity contribution in [2.45, 2.75) is 19.4 Å². The fourth-order valence-electron chi connectivity index (χ4n) is 2.01. The van der Waals surface area contributed by atoms with Crippen molar-refractivity contribution in [1.82, 2.24) is 9.88 Å². The van der Waals surface area contributed by atoms with E-state index < -0.39 is 0 Å². The average Bonchev–Trinajstić information content (AvgIpc) is 2.95. The van der Waals surface area contributed by atoms with Gasteiger partial charge in [0, 0.05) is 13.1 Å². The molecule has 0 spiro atoms. The number of hydrogen-bond donors (Lipinski definition) is 1. The van der Waals surface area contributed by atoms with Crippen LogP contribution in [0.1, 0.15) is 11.5 Å². The molecule has 0 aliphatic carbocycles. The first-order valence-corrected chi connectivity index (χ1v) is 6.09. The summed E-state index contributed by atoms with van der Waals surface area (Å²) in [5.74, 6) is 1.49. The van der Waals surface area contributed by atoms with Gasteiger partial charge < -0.3 is 18.8 Å². The van der Waals surface area contributed by atoms with Gasteiger partial charge in [-0.1, -0.05) is 0 Å². The summed E-state index contributed by atoms with van der Waals surface area (Å²) in [5, 5.41) is 9.18. The summed E-state index contributed by atoms with van der Waals surface area (Å²) in [6, 6.07) is 3.50. The number of aryl methyl sites for hydroxylation is 1. The Morgan fingerprint density at radius 3 is 3.00 bits per heavy atom. The molecule has 2 aromatic heterocycles. The zero-order valence-corrected chi connectivity index (χ0v) is 10.5. The van der Waals surface area contributed by atoms with Gasteiger partial charge in [0.05, 0.1) is 24.5 Å². The Bertz CT molecular complexity index is 582. The summed E-state index contributed by atoms with van der Waals surface area (Å²) in [7, 11) is 0. The predicted octanol–water partition coefficient (Wildman–Crippen LogP) is 0.989. The lowest BCUT2D eigenvalue weighted by atomic mass is 10.1. The van der Waals surface area contributed by atoms with Crippen LogP contribution in [0.15, 0.2) is 27.2 Å². The summed E-state index contributed by atoms with van der Waals surface area (Å²) in [5.41, 5.74) is 0.609. The van der Waals surface area contributed by atoms with Crippen LogP contribution in [0.2, 0.25) is 0 Å². The second-order valence-electron chi connectivity index (χ2n) is 4.63. The molecule has 6 heteroatoms. The largest absolute Gasteiger partial charge is 0.459 e. The topological polar surface area (TPSA) is 79.7 Å². The van der Waals surface area contributed by atoms with E-state index in [2.05, 4.69) is 4.98 Å². The van der Waals surface area contributed by atoms with Crippen molar-refractivity contribution in [2.75, 3.05) is 13.1 Å². The minimum atomic E-state index is -0.388. The van der Waals surface area contributed by atoms with E-state index in [1.165, 1.54) is 0 Å². The van der Waals surface area contributed by atoms with E-state index in [4.69, 9.17) is 8.83 Å². The van der Waals surface area contributed by atoms with E-state index >= 15 is 0 Å². The zero-order chi connectivity index (χ0) is 13.4. The highest BCUT2D eigenvalue weighted by Crippen LogP contribution is 2.23. The minimum Gasteiger partial charge on any atom is -0.459 e. The molecule has 0 atom stereocenters. The van der Waals surface area contributed by atoms with E-state index in [0.717, 1.165) is 0 Å². The number of aliphatic hydroxyl groups excluding tert-OH is 1. The number of rotatable bonds is 3. The molecular weight excluding hydrogens is 248 g/mol. The Kier molecular flexibility index (Phi) is 2.87. The molecule has 0 unspecified atom stereocenters. The number of aromatic nitrogens is 1. The van der Waals surface area contributed by atoms with Crippen molar-refractivity contribution in [1.29, 1.82) is 0 Å². The van der Waals surface area contributed by atoms with Gasteiger partial charge in [-0.15, -0.1) is 0 Å². The first-order valence-electron chi connectivity index (χ1n) is 6.09. The van der Waals surface area contributed by atoms with Crippen molar-refractivity contribution < 1.29 is 18.7 Å². The molecule has 0 aromatic carbocycles. The Morgan fingerprint density at radius 1 is 1.58 bits per heavy atom. The summed E-state index contributed by atoms with van der Waals surface area (Å²) < 4.78 is 10.7. The van der Waals surface area contributed by atoms with Crippen LogP contribution in [-0.2, 0) is 11.2 Å². The molecule has 0 saturated carbocycles. The second-order valence-corrected chi connectivity index (χ2v) is 4.63. The van der Waals surface area contributed by atoms with Gasteiger partial charge in [-0.3, -0.25) is 4.79 Å². The van der Waals surface area contributed by atoms with Gasteiger partial charge in [0.25, 0.3) is 5.89 Å². The van der Waals surface area contributed by atoms with E-state index in [1.807, 2.05) is 0 Å². The van der Waals surface area contributed by atoms with Crippen LogP contribution in [0.3, 0.4) is 0 Å². The highest BCUT2D eigenvalue weighted by molar-refractivity contribution is 5.79. The van der Waals surface area contributed by atoms with Gasteiger partial charge >= 0.3 is 0 Å². The maximum absolute atomic E-state index is 11.9. The molecule has 0 bridgehead atoms. The quantitative estimate of drug-likeness (QED) is 0.892. The number of carbonyl (C=O) groups excluding carboxylic acids is 1. The van der Waals surface area contributed by atoms with Crippen LogP contribution in [0, 0.1) is 6.92 Å². The number of carbonyl (C=O) groups is 1. The molecule has 100 valence electrons. The normalized spacial score (nSPS) is 15.6. The standard InChI is InChI=1S/C13H14N2O4/c1-8-10(5-12(17)15-6-9(16)7-15)14-13(19-8)11-3-2-4-18-11/h2-4,9,16H,5-7H2,1H3. The molecule has 19 heavy (non-hydrogen) atoms. The monoisotopic (exact) mass is 262 g/mol. The van der Waals surface area contributed by atoms with Crippen LogP contribution < -0.4 is 0 Å². The van der Waals surface area contributed by atoms with Crippen molar-refractivity contribution in [3.63, 3.8) is 0 Å². The summed E-state index contributed by atoms with van der Waals surface area (Å²) in [6.07, 6.45) is 1.34. The predicted molar refractivity (Wildman–Crippen MR) is 65.2 cm³/mol. The van der Waals surface area contributed by atoms with E-state index in [9.17, 15) is 9.90 Å². The molecule has 0 radical (unpaired) electrons. The van der Waals surface area contributed by atoms with Gasteiger partial charge in [0.15, 0.2) is 5.76 Å². The summed E-state index contributed by atoms with van der Waals surface area (Å²) >= 11 is 0. The third-order valence-corrected chi connectivity index (χ3v) is 3.16. The van der Waals surface area contributed by atoms with Crippen molar-refractivity contribution in [2.24, 2.45) is 0 Å². The summed E-state index contributed by atoms with van der Waals surface area (Å²) in [6.45, 7) is 2.58. The lowest BCUT2D eigenvalue weighted by molar-refractivity contribution is -0.140. The average molecular weight is 262 g/mol. The van der Waals surface area contributed by atoms with Crippen LogP contribution >= 0.6 is 0 Å². The number of hydrogen-bond acceptors (Lipinski definition) is 5. The third kappa shape index (κ3) is 2.26. The van der Waals surface area contributed by atoms with Gasteiger partial charge in [0.1, 0.15) is 5.76 Å². The second kappa shape index (κ2) is 4.55. The first-order chi connectivity index (χ1) is 9.13. The van der Waals surface area contributed by atoms with E-state index in [-0.39, 0.29) is 18.4 Å². The third-order valence-electron chi connectivity index (χ3n) is 3.16. The van der Waals surface area contributed by atoms with Gasteiger partial charge in [-0.2, -0.15) is 0 Å². The Labute approximate surface area is 109 Å². The van der Waals surface area contributed by atoms with Gasteiger partial charge in [-0.05, 0) is 19.1 Å². The number of β-amino-alcohol motifs (C(OH)–C–C–N with tert-alkyl or cyclic N) is 1. The molecular formula is C13H14N2O4. The van der Waals surface area contributed by atoms with Gasteiger partial charge in [-0.25, -0.2) is 4.98 Å². The number of oxazole rings is 1. The van der Waals surface area contributed by atoms with Crippen LogP contribution in [-0.4, -0.2) is 40.1 Å². The molecule has 1 saturated heterocycles. The lowest BCUT2D eigenvalue weighted by Gasteiger charge is -2.35. The Balaban J connectivity index is 1.73. The molecule has 1 fully saturated rings. The number of likely N-dealkylation sites (tertiary alicyclic amines) is 1. The molecule has 3 heterocycles. The molecule has 3 rings (SSSR count). The molecule has 1 N–H and O–H groups in total. The molecule has 1 aliphatic heterocycles. The van der Waals surface area contributed by atoms with E-state index in [1.54, 1.807) is 30.2 Å². The zero-order valence-electron chi connectivity index (χ0n) is 10.5. The molecule has 6 nitrogen and oxygen atoms in total. The Hall–Kier alpha value is -2.08. The van der Waals surface area contributed by atoms with Gasteiger partial charge in [0.2, 0.25) is 5.91 Å². The SMILES string of the molecule is Cc1oc(-c2ccco2)nc1CC(=O)N1CC(O)C1. The van der Waals surface area contributed by atoms with Crippen LogP contribution in [0.25, 0.3) is 11.7 Å². The smallest absolute Gasteiger partial charge is 0.263 e. The molecule has 1 aliphatic rings. The maximum atomic E-state index is 11.9. The Morgan fingerprint density at radius 2 is 2.37 bits per heavy atom. The number of furan rings is 1. The maximum Gasteiger partial charge on any atom is 0.263 e.